The maximum absolute atomic E-state index is 11.8. The van der Waals surface area contributed by atoms with Gasteiger partial charge in [0.1, 0.15) is 18.1 Å². The molecule has 1 amide bonds. The highest BCUT2D eigenvalue weighted by Gasteiger charge is 2.06. The summed E-state index contributed by atoms with van der Waals surface area (Å²) in [6.45, 7) is 8.72. The number of amides is 1. The lowest BCUT2D eigenvalue weighted by molar-refractivity contribution is -0.123. The smallest absolute Gasteiger partial charge is 0.258 e. The van der Waals surface area contributed by atoms with Crippen LogP contribution in [-0.2, 0) is 4.79 Å². The molecule has 0 fully saturated rings. The van der Waals surface area contributed by atoms with Gasteiger partial charge in [0.2, 0.25) is 0 Å². The Balaban J connectivity index is 1.71. The zero-order chi connectivity index (χ0) is 18.4. The van der Waals surface area contributed by atoms with Crippen molar-refractivity contribution >= 4 is 17.5 Å². The molecule has 0 saturated heterocycles. The molecule has 2 aromatic rings. The van der Waals surface area contributed by atoms with Crippen molar-refractivity contribution in [1.29, 1.82) is 0 Å². The number of carbonyl (C=O) groups is 1. The van der Waals surface area contributed by atoms with Gasteiger partial charge in [0.05, 0.1) is 6.54 Å². The van der Waals surface area contributed by atoms with E-state index in [1.807, 2.05) is 51.1 Å². The second-order valence-corrected chi connectivity index (χ2v) is 6.48. The maximum Gasteiger partial charge on any atom is 0.258 e. The monoisotopic (exact) mass is 361 g/mol. The molecule has 4 nitrogen and oxygen atoms in total. The third kappa shape index (κ3) is 5.68. The summed E-state index contributed by atoms with van der Waals surface area (Å²) in [5.74, 6) is 1.26. The van der Waals surface area contributed by atoms with E-state index in [0.717, 1.165) is 21.9 Å². The number of nitrogens with one attached hydrogen (secondary N) is 1. The standard InChI is InChI=1S/C20H24ClNO3/c1-13-5-6-17(9-14(13)2)24-8-7-22-19(23)12-25-18-10-15(3)20(21)16(4)11-18/h5-6,9-11H,7-8,12H2,1-4H3,(H,22,23). The van der Waals surface area contributed by atoms with E-state index in [1.165, 1.54) is 11.1 Å². The van der Waals surface area contributed by atoms with Crippen molar-refractivity contribution in [2.75, 3.05) is 19.8 Å². The summed E-state index contributed by atoms with van der Waals surface area (Å²) >= 11 is 6.12. The predicted octanol–water partition coefficient (Wildman–Crippen LogP) is 4.15. The maximum atomic E-state index is 11.8. The van der Waals surface area contributed by atoms with Gasteiger partial charge in [-0.15, -0.1) is 0 Å². The van der Waals surface area contributed by atoms with Crippen LogP contribution in [0.5, 0.6) is 11.5 Å². The van der Waals surface area contributed by atoms with Gasteiger partial charge in [-0.3, -0.25) is 4.79 Å². The molecule has 0 aliphatic heterocycles. The van der Waals surface area contributed by atoms with Crippen LogP contribution in [0.15, 0.2) is 30.3 Å². The average Bonchev–Trinajstić information content (AvgIpc) is 2.57. The normalized spacial score (nSPS) is 10.4. The van der Waals surface area contributed by atoms with Gasteiger partial charge in [0.25, 0.3) is 5.91 Å². The molecule has 0 saturated carbocycles. The molecule has 0 radical (unpaired) electrons. The SMILES string of the molecule is Cc1ccc(OCCNC(=O)COc2cc(C)c(Cl)c(C)c2)cc1C. The van der Waals surface area contributed by atoms with Crippen molar-refractivity contribution in [2.45, 2.75) is 27.7 Å². The van der Waals surface area contributed by atoms with Crippen LogP contribution in [0.3, 0.4) is 0 Å². The molecule has 134 valence electrons. The van der Waals surface area contributed by atoms with E-state index in [9.17, 15) is 4.79 Å². The minimum atomic E-state index is -0.186. The van der Waals surface area contributed by atoms with Gasteiger partial charge < -0.3 is 14.8 Å². The quantitative estimate of drug-likeness (QED) is 0.754. The van der Waals surface area contributed by atoms with Crippen LogP contribution in [0.2, 0.25) is 5.02 Å². The van der Waals surface area contributed by atoms with Gasteiger partial charge in [0, 0.05) is 5.02 Å². The molecule has 0 aliphatic rings. The zero-order valence-electron chi connectivity index (χ0n) is 15.1. The first kappa shape index (κ1) is 19.1. The molecule has 25 heavy (non-hydrogen) atoms. The second kappa shape index (κ2) is 8.77. The van der Waals surface area contributed by atoms with Crippen molar-refractivity contribution in [3.8, 4) is 11.5 Å². The highest BCUT2D eigenvalue weighted by molar-refractivity contribution is 6.32. The second-order valence-electron chi connectivity index (χ2n) is 6.10. The minimum absolute atomic E-state index is 0.0375. The molecule has 2 aromatic carbocycles. The Hall–Kier alpha value is -2.20. The summed E-state index contributed by atoms with van der Waals surface area (Å²) in [5.41, 5.74) is 4.27. The first-order chi connectivity index (χ1) is 11.9. The summed E-state index contributed by atoms with van der Waals surface area (Å²) in [7, 11) is 0. The summed E-state index contributed by atoms with van der Waals surface area (Å²) in [5, 5.41) is 3.50. The largest absolute Gasteiger partial charge is 0.492 e. The van der Waals surface area contributed by atoms with E-state index in [1.54, 1.807) is 0 Å². The minimum Gasteiger partial charge on any atom is -0.492 e. The van der Waals surface area contributed by atoms with Gasteiger partial charge in [-0.2, -0.15) is 0 Å². The summed E-state index contributed by atoms with van der Waals surface area (Å²) in [6.07, 6.45) is 0. The fourth-order valence-electron chi connectivity index (χ4n) is 2.35. The number of carbonyl (C=O) groups excluding carboxylic acids is 1. The van der Waals surface area contributed by atoms with E-state index in [4.69, 9.17) is 21.1 Å². The molecular formula is C20H24ClNO3. The van der Waals surface area contributed by atoms with Crippen LogP contribution in [0.1, 0.15) is 22.3 Å². The molecule has 5 heteroatoms. The van der Waals surface area contributed by atoms with Crippen molar-refractivity contribution in [1.82, 2.24) is 5.32 Å². The Bertz CT molecular complexity index is 736. The molecule has 0 spiro atoms. The zero-order valence-corrected chi connectivity index (χ0v) is 15.9. The van der Waals surface area contributed by atoms with Gasteiger partial charge >= 0.3 is 0 Å². The molecule has 0 aromatic heterocycles. The van der Waals surface area contributed by atoms with E-state index in [-0.39, 0.29) is 12.5 Å². The van der Waals surface area contributed by atoms with Crippen LogP contribution < -0.4 is 14.8 Å². The van der Waals surface area contributed by atoms with Crippen LogP contribution in [0.25, 0.3) is 0 Å². The Kier molecular flexibility index (Phi) is 6.71. The number of hydrogen-bond donors (Lipinski definition) is 1. The number of rotatable bonds is 7. The molecule has 0 unspecified atom stereocenters. The summed E-state index contributed by atoms with van der Waals surface area (Å²) < 4.78 is 11.1. The number of hydrogen-bond acceptors (Lipinski definition) is 3. The molecule has 2 rings (SSSR count). The number of benzene rings is 2. The Morgan fingerprint density at radius 2 is 1.56 bits per heavy atom. The van der Waals surface area contributed by atoms with Gasteiger partial charge in [-0.1, -0.05) is 17.7 Å². The Labute approximate surface area is 154 Å². The highest BCUT2D eigenvalue weighted by Crippen LogP contribution is 2.25. The van der Waals surface area contributed by atoms with Gasteiger partial charge in [-0.05, 0) is 74.2 Å². The van der Waals surface area contributed by atoms with E-state index < -0.39 is 0 Å². The number of halogens is 1. The fraction of sp³-hybridized carbons (Fsp3) is 0.350. The van der Waals surface area contributed by atoms with E-state index >= 15 is 0 Å². The average molecular weight is 362 g/mol. The molecule has 1 N–H and O–H groups in total. The molecule has 0 aliphatic carbocycles. The van der Waals surface area contributed by atoms with Crippen LogP contribution in [0, 0.1) is 27.7 Å². The molecule has 0 heterocycles. The lowest BCUT2D eigenvalue weighted by Gasteiger charge is -2.11. The van der Waals surface area contributed by atoms with Crippen molar-refractivity contribution in [2.24, 2.45) is 0 Å². The van der Waals surface area contributed by atoms with Crippen LogP contribution in [-0.4, -0.2) is 25.7 Å². The number of aryl methyl sites for hydroxylation is 4. The van der Waals surface area contributed by atoms with Gasteiger partial charge in [-0.25, -0.2) is 0 Å². The predicted molar refractivity (Wildman–Crippen MR) is 101 cm³/mol. The summed E-state index contributed by atoms with van der Waals surface area (Å²) in [4.78, 5) is 11.8. The number of ether oxygens (including phenoxy) is 2. The first-order valence-electron chi connectivity index (χ1n) is 8.23. The topological polar surface area (TPSA) is 47.6 Å². The van der Waals surface area contributed by atoms with Crippen molar-refractivity contribution < 1.29 is 14.3 Å². The van der Waals surface area contributed by atoms with Crippen molar-refractivity contribution in [3.05, 3.63) is 57.6 Å². The van der Waals surface area contributed by atoms with Crippen molar-refractivity contribution in [3.63, 3.8) is 0 Å². The third-order valence-electron chi connectivity index (χ3n) is 3.95. The molecule has 0 bridgehead atoms. The summed E-state index contributed by atoms with van der Waals surface area (Å²) in [6, 6.07) is 9.59. The lowest BCUT2D eigenvalue weighted by atomic mass is 10.1. The van der Waals surface area contributed by atoms with Crippen LogP contribution in [0.4, 0.5) is 0 Å². The Morgan fingerprint density at radius 3 is 2.20 bits per heavy atom. The third-order valence-corrected chi connectivity index (χ3v) is 4.55. The van der Waals surface area contributed by atoms with E-state index in [0.29, 0.717) is 18.9 Å². The molecular weight excluding hydrogens is 338 g/mol. The molecule has 0 atom stereocenters. The lowest BCUT2D eigenvalue weighted by Crippen LogP contribution is -2.32. The highest BCUT2D eigenvalue weighted by atomic mass is 35.5. The Morgan fingerprint density at radius 1 is 0.920 bits per heavy atom. The first-order valence-corrected chi connectivity index (χ1v) is 8.61. The van der Waals surface area contributed by atoms with Crippen LogP contribution >= 0.6 is 11.6 Å². The fourth-order valence-corrected chi connectivity index (χ4v) is 2.46. The van der Waals surface area contributed by atoms with E-state index in [2.05, 4.69) is 12.2 Å². The van der Waals surface area contributed by atoms with Gasteiger partial charge in [0.15, 0.2) is 6.61 Å².